The van der Waals surface area contributed by atoms with Gasteiger partial charge < -0.3 is 0 Å². The molecular weight excluding hydrogens is 280 g/mol. The Morgan fingerprint density at radius 3 is 2.38 bits per heavy atom. The van der Waals surface area contributed by atoms with Crippen LogP contribution in [0.5, 0.6) is 0 Å². The summed E-state index contributed by atoms with van der Waals surface area (Å²) in [6.07, 6.45) is 1.92. The summed E-state index contributed by atoms with van der Waals surface area (Å²) in [6, 6.07) is 11.9. The van der Waals surface area contributed by atoms with E-state index in [1.807, 2.05) is 50.3 Å². The van der Waals surface area contributed by atoms with Crippen LogP contribution < -0.4 is 5.01 Å². The van der Waals surface area contributed by atoms with Crippen molar-refractivity contribution in [2.45, 2.75) is 20.8 Å². The first-order chi connectivity index (χ1) is 10.0. The van der Waals surface area contributed by atoms with Crippen LogP contribution in [0.1, 0.15) is 22.2 Å². The molecule has 3 rings (SSSR count). The highest BCUT2D eigenvalue weighted by molar-refractivity contribution is 7.12. The molecule has 0 N–H and O–H groups in total. The van der Waals surface area contributed by atoms with Gasteiger partial charge >= 0.3 is 0 Å². The van der Waals surface area contributed by atoms with Crippen LogP contribution in [-0.2, 0) is 4.79 Å². The van der Waals surface area contributed by atoms with E-state index in [0.717, 1.165) is 21.8 Å². The van der Waals surface area contributed by atoms with Crippen LogP contribution in [-0.4, -0.2) is 11.6 Å². The molecular formula is C17H16N2OS. The fraction of sp³-hybridized carbons (Fsp3) is 0.176. The molecule has 1 aliphatic heterocycles. The first-order valence-electron chi connectivity index (χ1n) is 6.79. The summed E-state index contributed by atoms with van der Waals surface area (Å²) in [6.45, 7) is 5.95. The molecule has 0 bridgehead atoms. The molecule has 3 nitrogen and oxygen atoms in total. The summed E-state index contributed by atoms with van der Waals surface area (Å²) in [7, 11) is 0. The maximum Gasteiger partial charge on any atom is 0.280 e. The maximum absolute atomic E-state index is 12.6. The first-order valence-corrected chi connectivity index (χ1v) is 7.61. The van der Waals surface area contributed by atoms with E-state index in [1.54, 1.807) is 11.3 Å². The Hall–Kier alpha value is -2.20. The van der Waals surface area contributed by atoms with E-state index < -0.39 is 0 Å². The van der Waals surface area contributed by atoms with E-state index in [-0.39, 0.29) is 5.91 Å². The second kappa shape index (κ2) is 5.30. The number of anilines is 1. The average Bonchev–Trinajstić information content (AvgIpc) is 2.98. The lowest BCUT2D eigenvalue weighted by Gasteiger charge is -2.11. The van der Waals surface area contributed by atoms with E-state index in [9.17, 15) is 4.79 Å². The fourth-order valence-corrected chi connectivity index (χ4v) is 3.04. The predicted molar refractivity (Wildman–Crippen MR) is 88.8 cm³/mol. The molecule has 106 valence electrons. The number of nitrogens with zero attached hydrogens (tertiary/aromatic N) is 2. The maximum atomic E-state index is 12.6. The van der Waals surface area contributed by atoms with Crippen LogP contribution in [0.3, 0.4) is 0 Å². The number of hydrazone groups is 1. The van der Waals surface area contributed by atoms with Gasteiger partial charge in [-0.1, -0.05) is 17.7 Å². The zero-order valence-corrected chi connectivity index (χ0v) is 13.1. The molecule has 0 spiro atoms. The van der Waals surface area contributed by atoms with Crippen LogP contribution in [0.25, 0.3) is 6.08 Å². The summed E-state index contributed by atoms with van der Waals surface area (Å²) in [5, 5.41) is 5.86. The van der Waals surface area contributed by atoms with Crippen LogP contribution in [0.4, 0.5) is 5.69 Å². The van der Waals surface area contributed by atoms with Gasteiger partial charge in [0.05, 0.1) is 17.0 Å². The highest BCUT2D eigenvalue weighted by Crippen LogP contribution is 2.26. The first kappa shape index (κ1) is 13.8. The number of benzene rings is 1. The summed E-state index contributed by atoms with van der Waals surface area (Å²) >= 11 is 1.68. The molecule has 0 radical (unpaired) electrons. The molecule has 0 saturated carbocycles. The third kappa shape index (κ3) is 2.67. The van der Waals surface area contributed by atoms with Gasteiger partial charge in [0.2, 0.25) is 0 Å². The van der Waals surface area contributed by atoms with Crippen molar-refractivity contribution in [2.75, 3.05) is 5.01 Å². The molecule has 1 aromatic carbocycles. The van der Waals surface area contributed by atoms with E-state index in [1.165, 1.54) is 9.89 Å². The molecule has 1 amide bonds. The number of aryl methyl sites for hydroxylation is 2. The number of rotatable bonds is 2. The summed E-state index contributed by atoms with van der Waals surface area (Å²) in [5.41, 5.74) is 3.38. The minimum Gasteiger partial charge on any atom is -0.267 e. The molecule has 21 heavy (non-hydrogen) atoms. The van der Waals surface area contributed by atoms with E-state index >= 15 is 0 Å². The van der Waals surface area contributed by atoms with Crippen molar-refractivity contribution in [3.63, 3.8) is 0 Å². The van der Waals surface area contributed by atoms with Crippen LogP contribution >= 0.6 is 11.3 Å². The van der Waals surface area contributed by atoms with Crippen molar-refractivity contribution in [3.8, 4) is 0 Å². The van der Waals surface area contributed by atoms with Crippen molar-refractivity contribution >= 4 is 34.7 Å². The molecule has 1 aromatic heterocycles. The van der Waals surface area contributed by atoms with E-state index in [2.05, 4.69) is 18.1 Å². The molecule has 0 unspecified atom stereocenters. The SMILES string of the molecule is CC1=NN(c2ccc(C)cc2)C(=O)/C1=C/c1ccc(C)s1. The molecule has 2 aromatic rings. The lowest BCUT2D eigenvalue weighted by molar-refractivity contribution is -0.114. The highest BCUT2D eigenvalue weighted by Gasteiger charge is 2.28. The quantitative estimate of drug-likeness (QED) is 0.765. The zero-order chi connectivity index (χ0) is 15.0. The number of carbonyl (C=O) groups is 1. The van der Waals surface area contributed by atoms with Gasteiger partial charge in [-0.2, -0.15) is 10.1 Å². The Morgan fingerprint density at radius 1 is 1.05 bits per heavy atom. The van der Waals surface area contributed by atoms with Crippen molar-refractivity contribution < 1.29 is 4.79 Å². The van der Waals surface area contributed by atoms with Gasteiger partial charge in [0.25, 0.3) is 5.91 Å². The Labute approximate surface area is 128 Å². The summed E-state index contributed by atoms with van der Waals surface area (Å²) in [4.78, 5) is 14.9. The largest absolute Gasteiger partial charge is 0.280 e. The number of thiophene rings is 1. The van der Waals surface area contributed by atoms with Crippen molar-refractivity contribution in [1.82, 2.24) is 0 Å². The van der Waals surface area contributed by atoms with E-state index in [4.69, 9.17) is 0 Å². The van der Waals surface area contributed by atoms with Crippen LogP contribution in [0.15, 0.2) is 47.1 Å². The van der Waals surface area contributed by atoms with Crippen LogP contribution in [0, 0.1) is 13.8 Å². The lowest BCUT2D eigenvalue weighted by atomic mass is 10.1. The molecule has 0 aliphatic carbocycles. The fourth-order valence-electron chi connectivity index (χ4n) is 2.22. The molecule has 0 saturated heterocycles. The Bertz CT molecular complexity index is 753. The minimum absolute atomic E-state index is 0.0672. The summed E-state index contributed by atoms with van der Waals surface area (Å²) in [5.74, 6) is -0.0672. The monoisotopic (exact) mass is 296 g/mol. The standard InChI is InChI=1S/C17H16N2OS/c1-11-4-7-14(8-5-11)19-17(20)16(13(3)18-19)10-15-9-6-12(2)21-15/h4-10H,1-3H3/b16-10+. The van der Waals surface area contributed by atoms with E-state index in [0.29, 0.717) is 5.57 Å². The van der Waals surface area contributed by atoms with Gasteiger partial charge in [-0.3, -0.25) is 4.79 Å². The Morgan fingerprint density at radius 2 is 1.76 bits per heavy atom. The third-order valence-corrected chi connectivity index (χ3v) is 4.34. The molecule has 1 aliphatic rings. The topological polar surface area (TPSA) is 32.7 Å². The molecule has 4 heteroatoms. The predicted octanol–water partition coefficient (Wildman–Crippen LogP) is 4.17. The average molecular weight is 296 g/mol. The number of carbonyl (C=O) groups excluding carboxylic acids is 1. The van der Waals surface area contributed by atoms with Crippen LogP contribution in [0.2, 0.25) is 0 Å². The molecule has 0 atom stereocenters. The normalized spacial score (nSPS) is 16.7. The number of hydrogen-bond donors (Lipinski definition) is 0. The second-order valence-electron chi connectivity index (χ2n) is 5.14. The highest BCUT2D eigenvalue weighted by atomic mass is 32.1. The number of amides is 1. The third-order valence-electron chi connectivity index (χ3n) is 3.39. The van der Waals surface area contributed by atoms with Gasteiger partial charge in [0.1, 0.15) is 0 Å². The van der Waals surface area contributed by atoms with Gasteiger partial charge in [0, 0.05) is 9.75 Å². The Kier molecular flexibility index (Phi) is 3.47. The zero-order valence-electron chi connectivity index (χ0n) is 12.3. The van der Waals surface area contributed by atoms with Gasteiger partial charge in [0.15, 0.2) is 0 Å². The number of hydrogen-bond acceptors (Lipinski definition) is 3. The summed E-state index contributed by atoms with van der Waals surface area (Å²) < 4.78 is 0. The lowest BCUT2D eigenvalue weighted by Crippen LogP contribution is -2.21. The van der Waals surface area contributed by atoms with Gasteiger partial charge in [-0.05, 0) is 51.1 Å². The Balaban J connectivity index is 1.93. The minimum atomic E-state index is -0.0672. The van der Waals surface area contributed by atoms with Gasteiger partial charge in [-0.15, -0.1) is 11.3 Å². The van der Waals surface area contributed by atoms with Crippen molar-refractivity contribution in [2.24, 2.45) is 5.10 Å². The van der Waals surface area contributed by atoms with Gasteiger partial charge in [-0.25, -0.2) is 0 Å². The van der Waals surface area contributed by atoms with Crippen molar-refractivity contribution in [3.05, 3.63) is 57.3 Å². The molecule has 2 heterocycles. The van der Waals surface area contributed by atoms with Crippen molar-refractivity contribution in [1.29, 1.82) is 0 Å². The smallest absolute Gasteiger partial charge is 0.267 e. The molecule has 0 fully saturated rings. The second-order valence-corrected chi connectivity index (χ2v) is 6.46.